The zero-order valence-corrected chi connectivity index (χ0v) is 13.8. The summed E-state index contributed by atoms with van der Waals surface area (Å²) in [5.41, 5.74) is 1.29. The zero-order chi connectivity index (χ0) is 18.9. The van der Waals surface area contributed by atoms with Crippen molar-refractivity contribution >= 4 is 5.82 Å². The van der Waals surface area contributed by atoms with Crippen molar-refractivity contribution < 1.29 is 27.0 Å². The number of nitrogens with two attached hydrogens (primary N) is 1. The van der Waals surface area contributed by atoms with E-state index in [0.29, 0.717) is 17.7 Å². The summed E-state index contributed by atoms with van der Waals surface area (Å²) in [7, 11) is 1.44. The quantitative estimate of drug-likeness (QED) is 0.460. The lowest BCUT2D eigenvalue weighted by atomic mass is 10.1. The van der Waals surface area contributed by atoms with Crippen molar-refractivity contribution in [1.82, 2.24) is 4.98 Å². The number of rotatable bonds is 6. The van der Waals surface area contributed by atoms with Crippen LogP contribution in [0.1, 0.15) is 23.5 Å². The molecule has 2 aromatic rings. The minimum Gasteiger partial charge on any atom is -0.496 e. The summed E-state index contributed by atoms with van der Waals surface area (Å²) in [5, 5.41) is 0. The summed E-state index contributed by atoms with van der Waals surface area (Å²) in [6, 6.07) is 5.65. The van der Waals surface area contributed by atoms with Crippen molar-refractivity contribution in [2.24, 2.45) is 11.8 Å². The second-order valence-corrected chi connectivity index (χ2v) is 5.94. The van der Waals surface area contributed by atoms with E-state index in [4.69, 9.17) is 15.3 Å². The monoisotopic (exact) mass is 371 g/mol. The topological polar surface area (TPSA) is 69.4 Å². The highest BCUT2D eigenvalue weighted by Gasteiger charge is 2.43. The third-order valence-electron chi connectivity index (χ3n) is 4.31. The van der Waals surface area contributed by atoms with Crippen LogP contribution in [0.4, 0.5) is 23.4 Å². The summed E-state index contributed by atoms with van der Waals surface area (Å²) >= 11 is 0. The fraction of sp³-hybridized carbons (Fsp3) is 0.353. The minimum absolute atomic E-state index is 0.0132. The Balaban J connectivity index is 1.75. The number of methoxy groups -OCH3 is 1. The van der Waals surface area contributed by atoms with Gasteiger partial charge >= 0.3 is 6.18 Å². The van der Waals surface area contributed by atoms with Gasteiger partial charge in [-0.15, -0.1) is 0 Å². The highest BCUT2D eigenvalue weighted by molar-refractivity contribution is 5.52. The second-order valence-electron chi connectivity index (χ2n) is 5.94. The number of ether oxygens (including phenoxy) is 2. The number of anilines is 1. The fourth-order valence-electron chi connectivity index (χ4n) is 2.98. The molecule has 0 spiro atoms. The van der Waals surface area contributed by atoms with Crippen LogP contribution < -0.4 is 20.7 Å². The fourth-order valence-corrected chi connectivity index (χ4v) is 2.98. The lowest BCUT2D eigenvalue weighted by Crippen LogP contribution is -2.18. The van der Waals surface area contributed by atoms with Crippen LogP contribution >= 0.6 is 0 Å². The Bertz CT molecular complexity index is 798. The number of nitrogens with one attached hydrogen (secondary N) is 1. The third kappa shape index (κ3) is 3.52. The molecule has 3 rings (SSSR count). The SMILES string of the molecule is COc1cccc(F)c1[C@H]1C[C@@H]1COc1ccnc(NN)c1C(F)(F)F. The van der Waals surface area contributed by atoms with Crippen LogP contribution in [0.3, 0.4) is 0 Å². The molecule has 0 unspecified atom stereocenters. The molecule has 0 radical (unpaired) electrons. The van der Waals surface area contributed by atoms with E-state index in [-0.39, 0.29) is 24.2 Å². The molecule has 0 saturated heterocycles. The first-order chi connectivity index (χ1) is 12.4. The molecule has 1 heterocycles. The third-order valence-corrected chi connectivity index (χ3v) is 4.31. The summed E-state index contributed by atoms with van der Waals surface area (Å²) in [4.78, 5) is 3.56. The Morgan fingerprint density at radius 3 is 2.69 bits per heavy atom. The van der Waals surface area contributed by atoms with Crippen LogP contribution in [0.2, 0.25) is 0 Å². The number of halogens is 4. The maximum atomic E-state index is 14.1. The van der Waals surface area contributed by atoms with Crippen LogP contribution in [-0.4, -0.2) is 18.7 Å². The summed E-state index contributed by atoms with van der Waals surface area (Å²) in [5.74, 6) is 3.98. The predicted octanol–water partition coefficient (Wildman–Crippen LogP) is 3.72. The Hall–Kier alpha value is -2.55. The van der Waals surface area contributed by atoms with Crippen LogP contribution in [0.15, 0.2) is 30.5 Å². The number of hydrogen-bond acceptors (Lipinski definition) is 5. The molecule has 5 nitrogen and oxygen atoms in total. The lowest BCUT2D eigenvalue weighted by Gasteiger charge is -2.16. The van der Waals surface area contributed by atoms with Gasteiger partial charge in [-0.1, -0.05) is 6.07 Å². The Labute approximate surface area is 147 Å². The van der Waals surface area contributed by atoms with Crippen LogP contribution in [0, 0.1) is 11.7 Å². The largest absolute Gasteiger partial charge is 0.496 e. The molecule has 2 atom stereocenters. The number of nitrogens with zero attached hydrogens (tertiary/aromatic N) is 1. The van der Waals surface area contributed by atoms with Crippen LogP contribution in [0.5, 0.6) is 11.5 Å². The molecule has 1 fully saturated rings. The normalized spacial score (nSPS) is 19.2. The predicted molar refractivity (Wildman–Crippen MR) is 86.3 cm³/mol. The molecule has 26 heavy (non-hydrogen) atoms. The van der Waals surface area contributed by atoms with E-state index in [2.05, 4.69) is 4.98 Å². The molecule has 1 aliphatic rings. The van der Waals surface area contributed by atoms with Gasteiger partial charge in [-0.2, -0.15) is 13.2 Å². The second kappa shape index (κ2) is 6.99. The summed E-state index contributed by atoms with van der Waals surface area (Å²) in [6.45, 7) is 0.0132. The highest BCUT2D eigenvalue weighted by Crippen LogP contribution is 2.51. The van der Waals surface area contributed by atoms with Crippen molar-refractivity contribution in [3.05, 3.63) is 47.4 Å². The number of alkyl halides is 3. The first-order valence-electron chi connectivity index (χ1n) is 7.84. The average Bonchev–Trinajstić information content (AvgIpc) is 3.37. The van der Waals surface area contributed by atoms with Crippen molar-refractivity contribution in [3.8, 4) is 11.5 Å². The number of aromatic nitrogens is 1. The van der Waals surface area contributed by atoms with Crippen molar-refractivity contribution in [3.63, 3.8) is 0 Å². The molecule has 1 aromatic carbocycles. The Kier molecular flexibility index (Phi) is 4.90. The molecule has 1 aliphatic carbocycles. The van der Waals surface area contributed by atoms with Gasteiger partial charge in [0.15, 0.2) is 5.82 Å². The number of pyridine rings is 1. The van der Waals surface area contributed by atoms with Gasteiger partial charge < -0.3 is 14.9 Å². The maximum Gasteiger partial charge on any atom is 0.423 e. The van der Waals surface area contributed by atoms with E-state index in [0.717, 1.165) is 6.07 Å². The number of hydrazine groups is 1. The smallest absolute Gasteiger partial charge is 0.423 e. The Morgan fingerprint density at radius 2 is 2.04 bits per heavy atom. The first-order valence-corrected chi connectivity index (χ1v) is 7.84. The van der Waals surface area contributed by atoms with Crippen molar-refractivity contribution in [1.29, 1.82) is 0 Å². The molecule has 0 amide bonds. The molecular weight excluding hydrogens is 354 g/mol. The summed E-state index contributed by atoms with van der Waals surface area (Å²) in [6.07, 6.45) is -2.90. The van der Waals surface area contributed by atoms with Crippen LogP contribution in [-0.2, 0) is 6.18 Å². The van der Waals surface area contributed by atoms with Gasteiger partial charge in [0.25, 0.3) is 0 Å². The average molecular weight is 371 g/mol. The molecule has 3 N–H and O–H groups in total. The molecule has 0 aliphatic heterocycles. The number of hydrogen-bond donors (Lipinski definition) is 2. The molecule has 1 aromatic heterocycles. The standard InChI is InChI=1S/C17H17F4N3O2/c1-25-12-4-2-3-11(18)14(12)10-7-9(10)8-26-13-5-6-23-16(24-22)15(13)17(19,20)21/h2-6,9-10H,7-8,22H2,1H3,(H,23,24)/t9-,10+/m1/s1. The van der Waals surface area contributed by atoms with Gasteiger partial charge in [0, 0.05) is 17.7 Å². The minimum atomic E-state index is -4.68. The van der Waals surface area contributed by atoms with E-state index in [1.165, 1.54) is 19.4 Å². The van der Waals surface area contributed by atoms with Crippen molar-refractivity contribution in [2.75, 3.05) is 19.1 Å². The van der Waals surface area contributed by atoms with E-state index in [9.17, 15) is 17.6 Å². The maximum absolute atomic E-state index is 14.1. The molecule has 140 valence electrons. The van der Waals surface area contributed by atoms with Gasteiger partial charge in [0.2, 0.25) is 0 Å². The number of nitrogen functional groups attached to an aromatic ring is 1. The molecule has 9 heteroatoms. The van der Waals surface area contributed by atoms with E-state index in [1.807, 2.05) is 5.43 Å². The van der Waals surface area contributed by atoms with E-state index >= 15 is 0 Å². The van der Waals surface area contributed by atoms with Crippen LogP contribution in [0.25, 0.3) is 0 Å². The molecular formula is C17H17F4N3O2. The Morgan fingerprint density at radius 1 is 1.27 bits per heavy atom. The van der Waals surface area contributed by atoms with Gasteiger partial charge in [0.1, 0.15) is 22.9 Å². The molecule has 1 saturated carbocycles. The van der Waals surface area contributed by atoms with Gasteiger partial charge in [-0.25, -0.2) is 15.2 Å². The van der Waals surface area contributed by atoms with Gasteiger partial charge in [-0.05, 0) is 30.5 Å². The first kappa shape index (κ1) is 18.2. The van der Waals surface area contributed by atoms with Gasteiger partial charge in [-0.3, -0.25) is 0 Å². The highest BCUT2D eigenvalue weighted by atomic mass is 19.4. The summed E-state index contributed by atoms with van der Waals surface area (Å²) < 4.78 is 64.4. The number of benzene rings is 1. The van der Waals surface area contributed by atoms with Crippen molar-refractivity contribution in [2.45, 2.75) is 18.5 Å². The lowest BCUT2D eigenvalue weighted by molar-refractivity contribution is -0.138. The van der Waals surface area contributed by atoms with E-state index in [1.54, 1.807) is 12.1 Å². The molecule has 0 bridgehead atoms. The zero-order valence-electron chi connectivity index (χ0n) is 13.8. The van der Waals surface area contributed by atoms with Gasteiger partial charge in [0.05, 0.1) is 13.7 Å². The van der Waals surface area contributed by atoms with E-state index < -0.39 is 23.4 Å².